The molecule has 2 amide bonds. The van der Waals surface area contributed by atoms with Crippen LogP contribution < -0.4 is 5.32 Å². The molecule has 0 saturated carbocycles. The maximum atomic E-state index is 12.1. The van der Waals surface area contributed by atoms with Crippen molar-refractivity contribution in [2.45, 2.75) is 68.7 Å². The van der Waals surface area contributed by atoms with E-state index < -0.39 is 22.8 Å². The minimum Gasteiger partial charge on any atom is -0.480 e. The van der Waals surface area contributed by atoms with Crippen LogP contribution in [0.5, 0.6) is 0 Å². The summed E-state index contributed by atoms with van der Waals surface area (Å²) in [6.07, 6.45) is 3.26. The Morgan fingerprint density at radius 2 is 2.05 bits per heavy atom. The number of carbonyl (C=O) groups is 3. The van der Waals surface area contributed by atoms with Gasteiger partial charge in [-0.3, -0.25) is 9.59 Å². The van der Waals surface area contributed by atoms with Gasteiger partial charge in [0.2, 0.25) is 11.8 Å². The largest absolute Gasteiger partial charge is 0.480 e. The first-order valence-electron chi connectivity index (χ1n) is 7.31. The Labute approximate surface area is 128 Å². The van der Waals surface area contributed by atoms with E-state index in [1.54, 1.807) is 0 Å². The third-order valence-corrected chi connectivity index (χ3v) is 5.57. The Kier molecular flexibility index (Phi) is 4.51. The molecule has 2 rings (SSSR count). The molecular weight excluding hydrogens is 292 g/mol. The van der Waals surface area contributed by atoms with E-state index in [1.165, 1.54) is 16.7 Å². The first-order chi connectivity index (χ1) is 9.79. The summed E-state index contributed by atoms with van der Waals surface area (Å²) in [4.78, 5) is 36.7. The third kappa shape index (κ3) is 2.88. The predicted octanol–water partition coefficient (Wildman–Crippen LogP) is 1.20. The first-order valence-corrected chi connectivity index (χ1v) is 8.19. The average molecular weight is 314 g/mol. The van der Waals surface area contributed by atoms with Crippen molar-refractivity contribution in [1.82, 2.24) is 10.2 Å². The van der Waals surface area contributed by atoms with Crippen LogP contribution in [-0.4, -0.2) is 50.0 Å². The van der Waals surface area contributed by atoms with Gasteiger partial charge in [-0.15, -0.1) is 11.8 Å². The van der Waals surface area contributed by atoms with E-state index in [1.807, 2.05) is 13.8 Å². The highest BCUT2D eigenvalue weighted by Gasteiger charge is 2.64. The Morgan fingerprint density at radius 1 is 1.38 bits per heavy atom. The highest BCUT2D eigenvalue weighted by Crippen LogP contribution is 2.50. The zero-order valence-electron chi connectivity index (χ0n) is 12.6. The van der Waals surface area contributed by atoms with E-state index in [0.717, 1.165) is 19.3 Å². The number of nitrogens with one attached hydrogen (secondary N) is 1. The van der Waals surface area contributed by atoms with Gasteiger partial charge in [0.05, 0.1) is 0 Å². The number of amides is 2. The minimum absolute atomic E-state index is 0.126. The Bertz CT molecular complexity index is 466. The van der Waals surface area contributed by atoms with Gasteiger partial charge in [0.1, 0.15) is 17.5 Å². The van der Waals surface area contributed by atoms with E-state index in [-0.39, 0.29) is 17.2 Å². The Morgan fingerprint density at radius 3 is 2.62 bits per heavy atom. The number of carbonyl (C=O) groups excluding carboxylic acids is 2. The molecule has 0 aromatic rings. The summed E-state index contributed by atoms with van der Waals surface area (Å²) in [5, 5.41) is 11.8. The molecule has 2 fully saturated rings. The molecule has 0 spiro atoms. The SMILES string of the molecule is CCCCCC(=O)NC1C(=O)N2C1SC(C)(C)C2C(=O)O. The maximum Gasteiger partial charge on any atom is 0.327 e. The van der Waals surface area contributed by atoms with E-state index in [0.29, 0.717) is 6.42 Å². The van der Waals surface area contributed by atoms with Gasteiger partial charge < -0.3 is 15.3 Å². The molecule has 6 nitrogen and oxygen atoms in total. The zero-order chi connectivity index (χ0) is 15.8. The zero-order valence-corrected chi connectivity index (χ0v) is 13.4. The number of β-lactam (4-membered cyclic amide) rings is 1. The number of unbranched alkanes of at least 4 members (excludes halogenated alkanes) is 2. The molecule has 3 unspecified atom stereocenters. The van der Waals surface area contributed by atoms with Crippen LogP contribution in [0.4, 0.5) is 0 Å². The smallest absolute Gasteiger partial charge is 0.327 e. The van der Waals surface area contributed by atoms with Crippen molar-refractivity contribution >= 4 is 29.5 Å². The molecule has 118 valence electrons. The van der Waals surface area contributed by atoms with Gasteiger partial charge in [-0.1, -0.05) is 19.8 Å². The third-order valence-electron chi connectivity index (χ3n) is 4.00. The Balaban J connectivity index is 1.97. The summed E-state index contributed by atoms with van der Waals surface area (Å²) >= 11 is 1.45. The van der Waals surface area contributed by atoms with Crippen molar-refractivity contribution < 1.29 is 19.5 Å². The molecule has 2 heterocycles. The van der Waals surface area contributed by atoms with Crippen LogP contribution in [0, 0.1) is 0 Å². The molecule has 21 heavy (non-hydrogen) atoms. The molecule has 0 aromatic heterocycles. The molecular formula is C14H22N2O4S. The number of thioether (sulfide) groups is 1. The average Bonchev–Trinajstić information content (AvgIpc) is 2.65. The summed E-state index contributed by atoms with van der Waals surface area (Å²) in [6, 6.07) is -1.40. The lowest BCUT2D eigenvalue weighted by Gasteiger charge is -2.43. The van der Waals surface area contributed by atoms with Crippen molar-refractivity contribution in [2.24, 2.45) is 0 Å². The molecule has 7 heteroatoms. The van der Waals surface area contributed by atoms with Gasteiger partial charge in [0.15, 0.2) is 0 Å². The number of nitrogens with zero attached hydrogens (tertiary/aromatic N) is 1. The topological polar surface area (TPSA) is 86.7 Å². The second-order valence-corrected chi connectivity index (χ2v) is 7.87. The minimum atomic E-state index is -0.990. The van der Waals surface area contributed by atoms with E-state index >= 15 is 0 Å². The molecule has 0 radical (unpaired) electrons. The van der Waals surface area contributed by atoms with Crippen molar-refractivity contribution in [3.63, 3.8) is 0 Å². The molecule has 2 aliphatic rings. The second-order valence-electron chi connectivity index (χ2n) is 6.10. The fraction of sp³-hybridized carbons (Fsp3) is 0.786. The molecule has 3 atom stereocenters. The van der Waals surface area contributed by atoms with Crippen molar-refractivity contribution in [3.8, 4) is 0 Å². The van der Waals surface area contributed by atoms with Crippen molar-refractivity contribution in [2.75, 3.05) is 0 Å². The molecule has 2 N–H and O–H groups in total. The van der Waals surface area contributed by atoms with E-state index in [4.69, 9.17) is 0 Å². The van der Waals surface area contributed by atoms with Crippen LogP contribution >= 0.6 is 11.8 Å². The van der Waals surface area contributed by atoms with Gasteiger partial charge in [0, 0.05) is 11.2 Å². The van der Waals surface area contributed by atoms with Gasteiger partial charge in [-0.2, -0.15) is 0 Å². The van der Waals surface area contributed by atoms with Crippen LogP contribution in [0.15, 0.2) is 0 Å². The number of hydrogen-bond acceptors (Lipinski definition) is 4. The first kappa shape index (κ1) is 16.1. The number of rotatable bonds is 6. The normalized spacial score (nSPS) is 29.8. The molecule has 0 bridgehead atoms. The lowest BCUT2D eigenvalue weighted by molar-refractivity contribution is -0.161. The van der Waals surface area contributed by atoms with Gasteiger partial charge in [0.25, 0.3) is 0 Å². The van der Waals surface area contributed by atoms with Crippen LogP contribution in [0.3, 0.4) is 0 Å². The summed E-state index contributed by atoms with van der Waals surface area (Å²) < 4.78 is -0.548. The summed E-state index contributed by atoms with van der Waals surface area (Å²) in [7, 11) is 0. The van der Waals surface area contributed by atoms with Crippen LogP contribution in [0.1, 0.15) is 46.5 Å². The fourth-order valence-corrected chi connectivity index (χ4v) is 4.55. The van der Waals surface area contributed by atoms with Crippen LogP contribution in [0.2, 0.25) is 0 Å². The van der Waals surface area contributed by atoms with Crippen molar-refractivity contribution in [1.29, 1.82) is 0 Å². The lowest BCUT2D eigenvalue weighted by Crippen LogP contribution is -2.70. The molecule has 2 aliphatic heterocycles. The second kappa shape index (κ2) is 5.87. The summed E-state index contributed by atoms with van der Waals surface area (Å²) in [6.45, 7) is 5.71. The highest BCUT2D eigenvalue weighted by molar-refractivity contribution is 8.01. The van der Waals surface area contributed by atoms with E-state index in [2.05, 4.69) is 12.2 Å². The monoisotopic (exact) mass is 314 g/mol. The number of hydrogen-bond donors (Lipinski definition) is 2. The maximum absolute atomic E-state index is 12.1. The summed E-state index contributed by atoms with van der Waals surface area (Å²) in [5.41, 5.74) is 0. The van der Waals surface area contributed by atoms with E-state index in [9.17, 15) is 19.5 Å². The number of carboxylic acids is 1. The number of carboxylic acid groups (broad SMARTS) is 1. The standard InChI is InChI=1S/C14H22N2O4S/c1-4-5-6-7-8(17)15-9-11(18)16-10(13(19)20)14(2,3)21-12(9)16/h9-10,12H,4-7H2,1-3H3,(H,15,17)(H,19,20). The van der Waals surface area contributed by atoms with Gasteiger partial charge in [-0.25, -0.2) is 4.79 Å². The van der Waals surface area contributed by atoms with Crippen LogP contribution in [-0.2, 0) is 14.4 Å². The van der Waals surface area contributed by atoms with Gasteiger partial charge >= 0.3 is 5.97 Å². The van der Waals surface area contributed by atoms with Crippen molar-refractivity contribution in [3.05, 3.63) is 0 Å². The number of fused-ring (bicyclic) bond motifs is 1. The molecule has 2 saturated heterocycles. The summed E-state index contributed by atoms with van der Waals surface area (Å²) in [5.74, 6) is -1.40. The Hall–Kier alpha value is -1.24. The fourth-order valence-electron chi connectivity index (χ4n) is 2.93. The lowest BCUT2D eigenvalue weighted by atomic mass is 9.96. The van der Waals surface area contributed by atoms with Crippen LogP contribution in [0.25, 0.3) is 0 Å². The number of aliphatic carboxylic acids is 1. The predicted molar refractivity (Wildman–Crippen MR) is 79.8 cm³/mol. The molecule has 0 aliphatic carbocycles. The molecule has 0 aromatic carbocycles. The van der Waals surface area contributed by atoms with Gasteiger partial charge in [-0.05, 0) is 20.3 Å². The quantitative estimate of drug-likeness (QED) is 0.568. The highest BCUT2D eigenvalue weighted by atomic mass is 32.2.